The summed E-state index contributed by atoms with van der Waals surface area (Å²) in [6.45, 7) is 0. The monoisotopic (exact) mass is 412 g/mol. The van der Waals surface area contributed by atoms with Crippen LogP contribution < -0.4 is 15.0 Å². The summed E-state index contributed by atoms with van der Waals surface area (Å²) in [7, 11) is 1.52. The van der Waals surface area contributed by atoms with Gasteiger partial charge in [-0.1, -0.05) is 6.07 Å². The van der Waals surface area contributed by atoms with Crippen LogP contribution in [0.3, 0.4) is 0 Å². The van der Waals surface area contributed by atoms with Gasteiger partial charge < -0.3 is 10.1 Å². The molecule has 0 saturated heterocycles. The van der Waals surface area contributed by atoms with Crippen molar-refractivity contribution < 1.29 is 23.1 Å². The number of nitrogens with zero attached hydrogens (tertiary/aromatic N) is 1. The Balaban J connectivity index is 1.76. The molecule has 0 fully saturated rings. The van der Waals surface area contributed by atoms with Gasteiger partial charge in [-0.2, -0.15) is 0 Å². The zero-order valence-electron chi connectivity index (χ0n) is 15.1. The molecule has 1 N–H and O–H groups in total. The number of benzene rings is 2. The van der Waals surface area contributed by atoms with Crippen LogP contribution in [0.25, 0.3) is 5.57 Å². The molecular weight excluding hydrogens is 398 g/mol. The minimum absolute atomic E-state index is 0.000670. The number of imide groups is 1. The second-order valence-electron chi connectivity index (χ2n) is 6.12. The van der Waals surface area contributed by atoms with E-state index in [4.69, 9.17) is 4.74 Å². The Hall–Kier alpha value is -3.52. The molecular formula is C21H14F2N2O3S. The minimum atomic E-state index is -1.06. The standard InChI is InChI=1S/C21H14F2N2O3S/c1-28-14-7-5-13(6-8-14)25-20(26)18(17-3-2-10-29-17)19(21(25)27)24-12-4-9-15(22)16(23)11-12/h2-11,24H,1H3. The molecule has 0 radical (unpaired) electrons. The predicted molar refractivity (Wildman–Crippen MR) is 107 cm³/mol. The van der Waals surface area contributed by atoms with E-state index in [-0.39, 0.29) is 17.0 Å². The van der Waals surface area contributed by atoms with Crippen molar-refractivity contribution in [3.05, 3.63) is 82.2 Å². The summed E-state index contributed by atoms with van der Waals surface area (Å²) >= 11 is 1.30. The molecule has 3 aromatic rings. The Morgan fingerprint density at radius 1 is 0.966 bits per heavy atom. The van der Waals surface area contributed by atoms with Crippen LogP contribution in [0, 0.1) is 11.6 Å². The normalized spacial score (nSPS) is 14.0. The number of nitrogens with one attached hydrogen (secondary N) is 1. The van der Waals surface area contributed by atoms with Crippen LogP contribution in [-0.4, -0.2) is 18.9 Å². The second-order valence-corrected chi connectivity index (χ2v) is 7.07. The number of methoxy groups -OCH3 is 1. The average molecular weight is 412 g/mol. The Kier molecular flexibility index (Phi) is 4.85. The van der Waals surface area contributed by atoms with Gasteiger partial charge in [-0.25, -0.2) is 13.7 Å². The van der Waals surface area contributed by atoms with Gasteiger partial charge in [0, 0.05) is 16.6 Å². The first-order valence-electron chi connectivity index (χ1n) is 8.52. The van der Waals surface area contributed by atoms with E-state index in [1.165, 1.54) is 24.5 Å². The van der Waals surface area contributed by atoms with Crippen LogP contribution in [0.4, 0.5) is 20.2 Å². The lowest BCUT2D eigenvalue weighted by Crippen LogP contribution is -2.32. The summed E-state index contributed by atoms with van der Waals surface area (Å²) in [6, 6.07) is 13.1. The second kappa shape index (κ2) is 7.48. The first-order valence-corrected chi connectivity index (χ1v) is 9.40. The van der Waals surface area contributed by atoms with Crippen molar-refractivity contribution in [2.24, 2.45) is 0 Å². The van der Waals surface area contributed by atoms with Gasteiger partial charge in [-0.3, -0.25) is 9.59 Å². The van der Waals surface area contributed by atoms with E-state index >= 15 is 0 Å². The van der Waals surface area contributed by atoms with E-state index in [1.54, 1.807) is 41.8 Å². The van der Waals surface area contributed by atoms with Gasteiger partial charge in [0.2, 0.25) is 0 Å². The predicted octanol–water partition coefficient (Wildman–Crippen LogP) is 4.43. The summed E-state index contributed by atoms with van der Waals surface area (Å²) in [5.74, 6) is -2.57. The van der Waals surface area contributed by atoms with Crippen molar-refractivity contribution >= 4 is 40.1 Å². The van der Waals surface area contributed by atoms with Gasteiger partial charge in [0.1, 0.15) is 11.4 Å². The zero-order chi connectivity index (χ0) is 20.5. The highest BCUT2D eigenvalue weighted by Gasteiger charge is 2.40. The molecule has 2 aromatic carbocycles. The minimum Gasteiger partial charge on any atom is -0.497 e. The van der Waals surface area contributed by atoms with Gasteiger partial charge in [-0.05, 0) is 47.8 Å². The van der Waals surface area contributed by atoms with Gasteiger partial charge in [-0.15, -0.1) is 11.3 Å². The molecule has 0 unspecified atom stereocenters. The molecule has 1 aromatic heterocycles. The number of anilines is 2. The molecule has 146 valence electrons. The molecule has 0 bridgehead atoms. The maximum absolute atomic E-state index is 13.6. The Morgan fingerprint density at radius 2 is 1.72 bits per heavy atom. The maximum atomic E-state index is 13.6. The Morgan fingerprint density at radius 3 is 2.34 bits per heavy atom. The highest BCUT2D eigenvalue weighted by molar-refractivity contribution is 7.11. The summed E-state index contributed by atoms with van der Waals surface area (Å²) < 4.78 is 32.0. The molecule has 2 amide bonds. The van der Waals surface area contributed by atoms with E-state index in [1.807, 2.05) is 0 Å². The third-order valence-corrected chi connectivity index (χ3v) is 5.26. The highest BCUT2D eigenvalue weighted by atomic mass is 32.1. The number of hydrogen-bond acceptors (Lipinski definition) is 5. The van der Waals surface area contributed by atoms with Crippen LogP contribution in [0.5, 0.6) is 5.75 Å². The maximum Gasteiger partial charge on any atom is 0.282 e. The van der Waals surface area contributed by atoms with Crippen LogP contribution >= 0.6 is 11.3 Å². The molecule has 29 heavy (non-hydrogen) atoms. The molecule has 0 aliphatic carbocycles. The fraction of sp³-hybridized carbons (Fsp3) is 0.0476. The van der Waals surface area contributed by atoms with Crippen LogP contribution in [0.2, 0.25) is 0 Å². The number of thiophene rings is 1. The molecule has 4 rings (SSSR count). The van der Waals surface area contributed by atoms with Crippen molar-refractivity contribution in [2.75, 3.05) is 17.3 Å². The van der Waals surface area contributed by atoms with Gasteiger partial charge in [0.05, 0.1) is 18.4 Å². The van der Waals surface area contributed by atoms with Crippen LogP contribution in [-0.2, 0) is 9.59 Å². The topological polar surface area (TPSA) is 58.6 Å². The molecule has 1 aliphatic rings. The smallest absolute Gasteiger partial charge is 0.282 e. The van der Waals surface area contributed by atoms with Crippen molar-refractivity contribution in [1.82, 2.24) is 0 Å². The Labute approximate surface area is 168 Å². The molecule has 5 nitrogen and oxygen atoms in total. The summed E-state index contributed by atoms with van der Waals surface area (Å²) in [5, 5.41) is 4.58. The zero-order valence-corrected chi connectivity index (χ0v) is 15.9. The molecule has 1 aliphatic heterocycles. The molecule has 0 spiro atoms. The van der Waals surface area contributed by atoms with E-state index in [2.05, 4.69) is 5.32 Å². The highest BCUT2D eigenvalue weighted by Crippen LogP contribution is 2.36. The summed E-state index contributed by atoms with van der Waals surface area (Å²) in [6.07, 6.45) is 0. The van der Waals surface area contributed by atoms with Crippen LogP contribution in [0.15, 0.2) is 65.7 Å². The Bertz CT molecular complexity index is 1130. The van der Waals surface area contributed by atoms with E-state index in [0.29, 0.717) is 16.3 Å². The molecule has 8 heteroatoms. The quantitative estimate of drug-likeness (QED) is 0.630. The first kappa shape index (κ1) is 18.8. The van der Waals surface area contributed by atoms with E-state index in [0.717, 1.165) is 17.0 Å². The van der Waals surface area contributed by atoms with E-state index in [9.17, 15) is 18.4 Å². The SMILES string of the molecule is COc1ccc(N2C(=O)C(Nc3ccc(F)c(F)c3)=C(c3cccs3)C2=O)cc1. The number of carbonyl (C=O) groups is 2. The van der Waals surface area contributed by atoms with Gasteiger partial charge in [0.15, 0.2) is 11.6 Å². The number of carbonyl (C=O) groups excluding carboxylic acids is 2. The summed E-state index contributed by atoms with van der Waals surface area (Å²) in [4.78, 5) is 27.9. The molecule has 2 heterocycles. The van der Waals surface area contributed by atoms with E-state index < -0.39 is 23.4 Å². The molecule has 0 atom stereocenters. The van der Waals surface area contributed by atoms with Crippen molar-refractivity contribution in [3.63, 3.8) is 0 Å². The van der Waals surface area contributed by atoms with Gasteiger partial charge >= 0.3 is 0 Å². The lowest BCUT2D eigenvalue weighted by Gasteiger charge is -2.15. The van der Waals surface area contributed by atoms with Crippen molar-refractivity contribution in [3.8, 4) is 5.75 Å². The first-order chi connectivity index (χ1) is 14.0. The number of amides is 2. The lowest BCUT2D eigenvalue weighted by molar-refractivity contribution is -0.120. The summed E-state index contributed by atoms with van der Waals surface area (Å²) in [5.41, 5.74) is 0.701. The lowest BCUT2D eigenvalue weighted by atomic mass is 10.2. The fourth-order valence-corrected chi connectivity index (χ4v) is 3.75. The number of hydrogen-bond donors (Lipinski definition) is 1. The number of ether oxygens (including phenoxy) is 1. The fourth-order valence-electron chi connectivity index (χ4n) is 2.98. The largest absolute Gasteiger partial charge is 0.497 e. The van der Waals surface area contributed by atoms with Crippen molar-refractivity contribution in [1.29, 1.82) is 0 Å². The van der Waals surface area contributed by atoms with Crippen LogP contribution in [0.1, 0.15) is 4.88 Å². The van der Waals surface area contributed by atoms with Gasteiger partial charge in [0.25, 0.3) is 11.8 Å². The average Bonchev–Trinajstić information content (AvgIpc) is 3.32. The van der Waals surface area contributed by atoms with Crippen molar-refractivity contribution in [2.45, 2.75) is 0 Å². The third kappa shape index (κ3) is 3.38. The molecule has 0 saturated carbocycles. The third-order valence-electron chi connectivity index (χ3n) is 4.37. The number of halogens is 2. The number of rotatable bonds is 5.